The second kappa shape index (κ2) is 5.09. The molecule has 6 nitrogen and oxygen atoms in total. The van der Waals surface area contributed by atoms with E-state index in [1.165, 1.54) is 4.90 Å². The lowest BCUT2D eigenvalue weighted by molar-refractivity contribution is -0.158. The first-order valence-corrected chi connectivity index (χ1v) is 4.94. The summed E-state index contributed by atoms with van der Waals surface area (Å²) in [5.41, 5.74) is 5.58. The fourth-order valence-electron chi connectivity index (χ4n) is 1.46. The minimum atomic E-state index is -1.05. The van der Waals surface area contributed by atoms with Crippen LogP contribution in [0.1, 0.15) is 13.3 Å². The summed E-state index contributed by atoms with van der Waals surface area (Å²) < 4.78 is 5.02. The number of carbonyl (C=O) groups excluding carboxylic acids is 1. The summed E-state index contributed by atoms with van der Waals surface area (Å²) in [6.45, 7) is 2.49. The zero-order valence-electron chi connectivity index (χ0n) is 8.68. The van der Waals surface area contributed by atoms with Gasteiger partial charge in [0.05, 0.1) is 19.3 Å². The topological polar surface area (TPSA) is 92.9 Å². The normalized spacial score (nSPS) is 23.6. The van der Waals surface area contributed by atoms with Crippen molar-refractivity contribution in [3.63, 3.8) is 0 Å². The number of carboxylic acid groups (broad SMARTS) is 1. The molecule has 1 amide bonds. The number of morpholine rings is 1. The second-order valence-corrected chi connectivity index (χ2v) is 3.48. The van der Waals surface area contributed by atoms with Gasteiger partial charge in [0.25, 0.3) is 0 Å². The van der Waals surface area contributed by atoms with Crippen molar-refractivity contribution in [1.82, 2.24) is 4.90 Å². The minimum Gasteiger partial charge on any atom is -0.480 e. The molecule has 0 bridgehead atoms. The van der Waals surface area contributed by atoms with Gasteiger partial charge in [-0.15, -0.1) is 0 Å². The van der Waals surface area contributed by atoms with E-state index in [1.807, 2.05) is 0 Å². The van der Waals surface area contributed by atoms with E-state index in [4.69, 9.17) is 15.6 Å². The van der Waals surface area contributed by atoms with Gasteiger partial charge in [0, 0.05) is 6.54 Å². The van der Waals surface area contributed by atoms with E-state index in [0.29, 0.717) is 19.6 Å². The molecule has 0 spiro atoms. The molecule has 0 aliphatic carbocycles. The number of aliphatic carboxylic acids is 1. The molecule has 1 rings (SSSR count). The number of ether oxygens (including phenoxy) is 1. The summed E-state index contributed by atoms with van der Waals surface area (Å²) in [6, 6.07) is -1.52. The first-order valence-electron chi connectivity index (χ1n) is 4.94. The monoisotopic (exact) mass is 216 g/mol. The standard InChI is InChI=1S/C9H16N2O4/c1-2-6(10)8(12)11-3-4-15-5-7(11)9(13)14/h6-7H,2-5,10H2,1H3,(H,13,14)/t6-,7?/m1/s1. The Kier molecular flexibility index (Phi) is 4.05. The number of nitrogens with two attached hydrogens (primary N) is 1. The summed E-state index contributed by atoms with van der Waals surface area (Å²) in [7, 11) is 0. The molecule has 1 unspecified atom stereocenters. The van der Waals surface area contributed by atoms with E-state index in [1.54, 1.807) is 6.92 Å². The van der Waals surface area contributed by atoms with Gasteiger partial charge in [0.2, 0.25) is 5.91 Å². The molecule has 0 aromatic heterocycles. The van der Waals surface area contributed by atoms with Crippen LogP contribution >= 0.6 is 0 Å². The van der Waals surface area contributed by atoms with Crippen LogP contribution in [0.2, 0.25) is 0 Å². The summed E-state index contributed by atoms with van der Waals surface area (Å²) in [5, 5.41) is 8.90. The lowest BCUT2D eigenvalue weighted by Gasteiger charge is -2.34. The summed E-state index contributed by atoms with van der Waals surface area (Å²) in [5.74, 6) is -1.36. The van der Waals surface area contributed by atoms with Crippen LogP contribution in [0.4, 0.5) is 0 Å². The summed E-state index contributed by atoms with van der Waals surface area (Å²) in [6.07, 6.45) is 0.503. The molecule has 1 saturated heterocycles. The van der Waals surface area contributed by atoms with Gasteiger partial charge >= 0.3 is 5.97 Å². The van der Waals surface area contributed by atoms with Crippen molar-refractivity contribution >= 4 is 11.9 Å². The SMILES string of the molecule is CC[C@@H](N)C(=O)N1CCOCC1C(=O)O. The maximum absolute atomic E-state index is 11.7. The van der Waals surface area contributed by atoms with E-state index >= 15 is 0 Å². The Balaban J connectivity index is 2.71. The molecule has 3 N–H and O–H groups in total. The van der Waals surface area contributed by atoms with Gasteiger partial charge in [-0.05, 0) is 6.42 Å². The van der Waals surface area contributed by atoms with E-state index < -0.39 is 18.1 Å². The van der Waals surface area contributed by atoms with Crippen molar-refractivity contribution in [3.05, 3.63) is 0 Å². The van der Waals surface area contributed by atoms with E-state index in [-0.39, 0.29) is 12.5 Å². The largest absolute Gasteiger partial charge is 0.480 e. The predicted molar refractivity (Wildman–Crippen MR) is 52.2 cm³/mol. The average Bonchev–Trinajstić information content (AvgIpc) is 2.27. The Hall–Kier alpha value is -1.14. The number of carbonyl (C=O) groups is 2. The Morgan fingerprint density at radius 2 is 2.33 bits per heavy atom. The third-order valence-electron chi connectivity index (χ3n) is 2.45. The van der Waals surface area contributed by atoms with Crippen molar-refractivity contribution in [3.8, 4) is 0 Å². The Morgan fingerprint density at radius 1 is 1.67 bits per heavy atom. The molecule has 1 fully saturated rings. The third-order valence-corrected chi connectivity index (χ3v) is 2.45. The Bertz CT molecular complexity index is 256. The van der Waals surface area contributed by atoms with Gasteiger partial charge in [-0.2, -0.15) is 0 Å². The first-order chi connectivity index (χ1) is 7.07. The fourth-order valence-corrected chi connectivity index (χ4v) is 1.46. The number of hydrogen-bond acceptors (Lipinski definition) is 4. The van der Waals surface area contributed by atoms with Crippen molar-refractivity contribution in [1.29, 1.82) is 0 Å². The molecule has 6 heteroatoms. The van der Waals surface area contributed by atoms with Gasteiger partial charge in [-0.1, -0.05) is 6.92 Å². The highest BCUT2D eigenvalue weighted by Gasteiger charge is 2.34. The zero-order chi connectivity index (χ0) is 11.4. The average molecular weight is 216 g/mol. The van der Waals surface area contributed by atoms with Gasteiger partial charge in [-0.25, -0.2) is 4.79 Å². The molecule has 0 radical (unpaired) electrons. The van der Waals surface area contributed by atoms with E-state index in [2.05, 4.69) is 0 Å². The minimum absolute atomic E-state index is 0.0392. The zero-order valence-corrected chi connectivity index (χ0v) is 8.68. The fraction of sp³-hybridized carbons (Fsp3) is 0.778. The molecule has 0 aromatic rings. The molecule has 1 aliphatic heterocycles. The lowest BCUT2D eigenvalue weighted by Crippen LogP contribution is -2.56. The molecule has 2 atom stereocenters. The number of nitrogens with zero attached hydrogens (tertiary/aromatic N) is 1. The maximum Gasteiger partial charge on any atom is 0.328 e. The van der Waals surface area contributed by atoms with Crippen molar-refractivity contribution in [2.45, 2.75) is 25.4 Å². The van der Waals surface area contributed by atoms with Crippen LogP contribution in [-0.4, -0.2) is 53.7 Å². The molecule has 1 heterocycles. The maximum atomic E-state index is 11.7. The van der Waals surface area contributed by atoms with Gasteiger partial charge in [0.1, 0.15) is 0 Å². The van der Waals surface area contributed by atoms with Gasteiger partial charge in [0.15, 0.2) is 6.04 Å². The quantitative estimate of drug-likeness (QED) is 0.633. The van der Waals surface area contributed by atoms with Gasteiger partial charge < -0.3 is 20.5 Å². The molecular formula is C9H16N2O4. The second-order valence-electron chi connectivity index (χ2n) is 3.48. The molecule has 86 valence electrons. The van der Waals surface area contributed by atoms with E-state index in [0.717, 1.165) is 0 Å². The molecular weight excluding hydrogens is 200 g/mol. The van der Waals surface area contributed by atoms with Crippen molar-refractivity contribution in [2.24, 2.45) is 5.73 Å². The van der Waals surface area contributed by atoms with Crippen molar-refractivity contribution in [2.75, 3.05) is 19.8 Å². The molecule has 0 saturated carbocycles. The number of amides is 1. The number of rotatable bonds is 3. The third kappa shape index (κ3) is 2.66. The van der Waals surface area contributed by atoms with Crippen LogP contribution in [0, 0.1) is 0 Å². The molecule has 15 heavy (non-hydrogen) atoms. The van der Waals surface area contributed by atoms with E-state index in [9.17, 15) is 9.59 Å². The number of carboxylic acids is 1. The molecule has 1 aliphatic rings. The first kappa shape index (κ1) is 11.9. The lowest BCUT2D eigenvalue weighted by atomic mass is 10.1. The summed E-state index contributed by atoms with van der Waals surface area (Å²) >= 11 is 0. The highest BCUT2D eigenvalue weighted by atomic mass is 16.5. The Morgan fingerprint density at radius 3 is 2.87 bits per heavy atom. The number of hydrogen-bond donors (Lipinski definition) is 2. The van der Waals surface area contributed by atoms with Crippen LogP contribution in [-0.2, 0) is 14.3 Å². The predicted octanol–water partition coefficient (Wildman–Crippen LogP) is -0.964. The summed E-state index contributed by atoms with van der Waals surface area (Å²) in [4.78, 5) is 23.9. The highest BCUT2D eigenvalue weighted by Crippen LogP contribution is 2.09. The van der Waals surface area contributed by atoms with Crippen LogP contribution in [0.5, 0.6) is 0 Å². The smallest absolute Gasteiger partial charge is 0.328 e. The van der Waals surface area contributed by atoms with Crippen LogP contribution in [0.15, 0.2) is 0 Å². The van der Waals surface area contributed by atoms with Crippen molar-refractivity contribution < 1.29 is 19.4 Å². The van der Waals surface area contributed by atoms with Crippen LogP contribution in [0.3, 0.4) is 0 Å². The van der Waals surface area contributed by atoms with Gasteiger partial charge in [-0.3, -0.25) is 4.79 Å². The Labute approximate surface area is 88.0 Å². The van der Waals surface area contributed by atoms with Crippen LogP contribution in [0.25, 0.3) is 0 Å². The van der Waals surface area contributed by atoms with Crippen LogP contribution < -0.4 is 5.73 Å². The molecule has 0 aromatic carbocycles. The highest BCUT2D eigenvalue weighted by molar-refractivity contribution is 5.87.